The number of aromatic nitrogens is 2. The molecule has 0 saturated carbocycles. The molecule has 0 aliphatic heterocycles. The number of nitrogens with zero attached hydrogens (tertiary/aromatic N) is 2. The Morgan fingerprint density at radius 3 is 2.40 bits per heavy atom. The van der Waals surface area contributed by atoms with Gasteiger partial charge in [-0.3, -0.25) is 4.79 Å². The highest BCUT2D eigenvalue weighted by molar-refractivity contribution is 5.95. The molecule has 35 heavy (non-hydrogen) atoms. The van der Waals surface area contributed by atoms with Crippen molar-refractivity contribution < 1.29 is 19.0 Å². The van der Waals surface area contributed by atoms with Gasteiger partial charge in [0.1, 0.15) is 18.2 Å². The molecule has 1 N–H and O–H groups in total. The predicted octanol–water partition coefficient (Wildman–Crippen LogP) is 5.24. The van der Waals surface area contributed by atoms with Crippen LogP contribution in [-0.4, -0.2) is 36.3 Å². The quantitative estimate of drug-likeness (QED) is 0.360. The third kappa shape index (κ3) is 5.40. The van der Waals surface area contributed by atoms with E-state index in [9.17, 15) is 4.79 Å². The van der Waals surface area contributed by atoms with Gasteiger partial charge in [0.25, 0.3) is 5.91 Å². The Morgan fingerprint density at radius 1 is 0.971 bits per heavy atom. The van der Waals surface area contributed by atoms with Crippen LogP contribution in [0.3, 0.4) is 0 Å². The summed E-state index contributed by atoms with van der Waals surface area (Å²) in [6.45, 7) is 7.13. The van der Waals surface area contributed by atoms with E-state index in [1.165, 1.54) is 11.1 Å². The van der Waals surface area contributed by atoms with Gasteiger partial charge in [0, 0.05) is 5.56 Å². The summed E-state index contributed by atoms with van der Waals surface area (Å²) in [5.41, 5.74) is 4.69. The first kappa shape index (κ1) is 24.1. The number of fused-ring (bicyclic) bond motifs is 1. The van der Waals surface area contributed by atoms with Crippen LogP contribution >= 0.6 is 0 Å². The van der Waals surface area contributed by atoms with Gasteiger partial charge in [-0.2, -0.15) is 0 Å². The fraction of sp³-hybridized carbons (Fsp3) is 0.286. The summed E-state index contributed by atoms with van der Waals surface area (Å²) >= 11 is 0. The summed E-state index contributed by atoms with van der Waals surface area (Å²) in [5.74, 6) is 2.47. The topological polar surface area (TPSA) is 74.6 Å². The van der Waals surface area contributed by atoms with Crippen molar-refractivity contribution in [3.05, 3.63) is 83.2 Å². The molecular weight excluding hydrogens is 442 g/mol. The molecule has 1 aromatic heterocycles. The normalized spacial score (nSPS) is 11.8. The average molecular weight is 474 g/mol. The second kappa shape index (κ2) is 10.5. The lowest BCUT2D eigenvalue weighted by atomic mass is 10.1. The maximum atomic E-state index is 13.0. The Hall–Kier alpha value is -4.00. The zero-order valence-electron chi connectivity index (χ0n) is 20.8. The second-order valence-electron chi connectivity index (χ2n) is 8.55. The lowest BCUT2D eigenvalue weighted by molar-refractivity contribution is 0.0937. The van der Waals surface area contributed by atoms with Gasteiger partial charge in [0.15, 0.2) is 11.5 Å². The van der Waals surface area contributed by atoms with Crippen LogP contribution in [-0.2, 0) is 6.54 Å². The largest absolute Gasteiger partial charge is 0.493 e. The summed E-state index contributed by atoms with van der Waals surface area (Å²) in [4.78, 5) is 17.8. The van der Waals surface area contributed by atoms with Gasteiger partial charge in [0.2, 0.25) is 0 Å². The second-order valence-corrected chi connectivity index (χ2v) is 8.55. The number of hydrogen-bond acceptors (Lipinski definition) is 5. The van der Waals surface area contributed by atoms with Crippen molar-refractivity contribution in [3.8, 4) is 17.2 Å². The number of methoxy groups -OCH3 is 2. The number of rotatable bonds is 9. The Balaban J connectivity index is 1.54. The Morgan fingerprint density at radius 2 is 1.69 bits per heavy atom. The van der Waals surface area contributed by atoms with Gasteiger partial charge < -0.3 is 24.1 Å². The van der Waals surface area contributed by atoms with Gasteiger partial charge in [-0.1, -0.05) is 18.2 Å². The van der Waals surface area contributed by atoms with E-state index in [0.29, 0.717) is 30.2 Å². The molecule has 182 valence electrons. The fourth-order valence-electron chi connectivity index (χ4n) is 4.25. The minimum Gasteiger partial charge on any atom is -0.493 e. The first-order chi connectivity index (χ1) is 16.9. The van der Waals surface area contributed by atoms with Crippen molar-refractivity contribution >= 4 is 16.9 Å². The van der Waals surface area contributed by atoms with E-state index in [0.717, 1.165) is 22.6 Å². The van der Waals surface area contributed by atoms with Gasteiger partial charge in [-0.25, -0.2) is 4.98 Å². The molecule has 1 heterocycles. The van der Waals surface area contributed by atoms with Crippen LogP contribution in [0.2, 0.25) is 0 Å². The van der Waals surface area contributed by atoms with Crippen molar-refractivity contribution in [3.63, 3.8) is 0 Å². The van der Waals surface area contributed by atoms with E-state index < -0.39 is 0 Å². The molecule has 0 spiro atoms. The first-order valence-electron chi connectivity index (χ1n) is 11.6. The summed E-state index contributed by atoms with van der Waals surface area (Å²) in [7, 11) is 3.11. The van der Waals surface area contributed by atoms with E-state index in [4.69, 9.17) is 19.2 Å². The molecule has 7 heteroatoms. The molecule has 1 amide bonds. The zero-order chi connectivity index (χ0) is 24.9. The highest BCUT2D eigenvalue weighted by Gasteiger charge is 2.20. The molecule has 0 aliphatic carbocycles. The molecule has 3 aromatic carbocycles. The van der Waals surface area contributed by atoms with E-state index in [1.54, 1.807) is 32.4 Å². The Labute approximate surface area is 205 Å². The van der Waals surface area contributed by atoms with Crippen LogP contribution in [0.15, 0.2) is 60.7 Å². The SMILES string of the molecule is COc1ccc(C(=O)NC(C)c2nc3ccccc3n2CCOc2cc(C)cc(C)c2)cc1OC. The zero-order valence-corrected chi connectivity index (χ0v) is 20.8. The molecule has 1 atom stereocenters. The van der Waals surface area contributed by atoms with E-state index in [1.807, 2.05) is 43.3 Å². The van der Waals surface area contributed by atoms with Crippen LogP contribution in [0.5, 0.6) is 17.2 Å². The van der Waals surface area contributed by atoms with E-state index in [2.05, 4.69) is 29.8 Å². The molecular formula is C28H31N3O4. The molecule has 0 saturated heterocycles. The fourth-order valence-corrected chi connectivity index (χ4v) is 4.25. The number of carbonyl (C=O) groups excluding carboxylic acids is 1. The van der Waals surface area contributed by atoms with Crippen LogP contribution < -0.4 is 19.5 Å². The summed E-state index contributed by atoms with van der Waals surface area (Å²) in [6, 6.07) is 18.9. The molecule has 0 bridgehead atoms. The maximum Gasteiger partial charge on any atom is 0.251 e. The van der Waals surface area contributed by atoms with E-state index >= 15 is 0 Å². The molecule has 4 rings (SSSR count). The number of aryl methyl sites for hydroxylation is 2. The number of hydrogen-bond donors (Lipinski definition) is 1. The highest BCUT2D eigenvalue weighted by atomic mass is 16.5. The van der Waals surface area contributed by atoms with Crippen molar-refractivity contribution in [2.45, 2.75) is 33.4 Å². The minimum absolute atomic E-state index is 0.219. The molecule has 4 aromatic rings. The Bertz CT molecular complexity index is 1330. The summed E-state index contributed by atoms with van der Waals surface area (Å²) in [5, 5.41) is 3.07. The molecule has 0 radical (unpaired) electrons. The Kier molecular flexibility index (Phi) is 7.25. The summed E-state index contributed by atoms with van der Waals surface area (Å²) < 4.78 is 18.8. The van der Waals surface area contributed by atoms with Gasteiger partial charge in [-0.15, -0.1) is 0 Å². The van der Waals surface area contributed by atoms with Gasteiger partial charge in [0.05, 0.1) is 37.8 Å². The van der Waals surface area contributed by atoms with Crippen LogP contribution in [0, 0.1) is 13.8 Å². The third-order valence-electron chi connectivity index (χ3n) is 5.84. The van der Waals surface area contributed by atoms with Crippen molar-refractivity contribution in [1.29, 1.82) is 0 Å². The maximum absolute atomic E-state index is 13.0. The van der Waals surface area contributed by atoms with Crippen molar-refractivity contribution in [2.24, 2.45) is 0 Å². The number of amides is 1. The van der Waals surface area contributed by atoms with Crippen molar-refractivity contribution in [2.75, 3.05) is 20.8 Å². The number of para-hydroxylation sites is 2. The smallest absolute Gasteiger partial charge is 0.251 e. The number of ether oxygens (including phenoxy) is 3. The lowest BCUT2D eigenvalue weighted by Gasteiger charge is -2.17. The van der Waals surface area contributed by atoms with Gasteiger partial charge in [-0.05, 0) is 74.4 Å². The number of benzene rings is 3. The number of nitrogens with one attached hydrogen (secondary N) is 1. The molecule has 0 aliphatic rings. The molecule has 0 fully saturated rings. The van der Waals surface area contributed by atoms with Crippen molar-refractivity contribution in [1.82, 2.24) is 14.9 Å². The van der Waals surface area contributed by atoms with Gasteiger partial charge >= 0.3 is 0 Å². The first-order valence-corrected chi connectivity index (χ1v) is 11.6. The molecule has 7 nitrogen and oxygen atoms in total. The number of imidazole rings is 1. The highest BCUT2D eigenvalue weighted by Crippen LogP contribution is 2.28. The predicted molar refractivity (Wildman–Crippen MR) is 137 cm³/mol. The summed E-state index contributed by atoms with van der Waals surface area (Å²) in [6.07, 6.45) is 0. The van der Waals surface area contributed by atoms with Crippen LogP contribution in [0.25, 0.3) is 11.0 Å². The van der Waals surface area contributed by atoms with E-state index in [-0.39, 0.29) is 11.9 Å². The monoisotopic (exact) mass is 473 g/mol. The minimum atomic E-state index is -0.329. The third-order valence-corrected chi connectivity index (χ3v) is 5.84. The average Bonchev–Trinajstić information content (AvgIpc) is 3.21. The van der Waals surface area contributed by atoms with Crippen LogP contribution in [0.1, 0.15) is 40.3 Å². The lowest BCUT2D eigenvalue weighted by Crippen LogP contribution is -2.29. The molecule has 1 unspecified atom stereocenters. The van der Waals surface area contributed by atoms with Crippen LogP contribution in [0.4, 0.5) is 0 Å². The standard InChI is InChI=1S/C28H31N3O4/c1-18-14-19(2)16-22(15-18)35-13-12-31-24-9-7-6-8-23(24)30-27(31)20(3)29-28(32)21-10-11-25(33-4)26(17-21)34-5/h6-11,14-17,20H,12-13H2,1-5H3,(H,29,32). The number of carbonyl (C=O) groups is 1.